The highest BCUT2D eigenvalue weighted by molar-refractivity contribution is 5.93. The van der Waals surface area contributed by atoms with Crippen molar-refractivity contribution in [2.75, 3.05) is 7.11 Å². The summed E-state index contributed by atoms with van der Waals surface area (Å²) in [5.41, 5.74) is 2.39. The minimum atomic E-state index is -0.349. The van der Waals surface area contributed by atoms with E-state index in [2.05, 4.69) is 11.1 Å². The van der Waals surface area contributed by atoms with E-state index in [1.54, 1.807) is 18.5 Å². The molecule has 0 radical (unpaired) electrons. The van der Waals surface area contributed by atoms with Crippen LogP contribution in [0.3, 0.4) is 0 Å². The van der Waals surface area contributed by atoms with E-state index in [4.69, 9.17) is 10.00 Å². The summed E-state index contributed by atoms with van der Waals surface area (Å²) in [4.78, 5) is 15.9. The minimum Gasteiger partial charge on any atom is -0.465 e. The van der Waals surface area contributed by atoms with E-state index in [9.17, 15) is 4.79 Å². The summed E-state index contributed by atoms with van der Waals surface area (Å²) in [5, 5.41) is 8.90. The summed E-state index contributed by atoms with van der Waals surface area (Å²) in [6.45, 7) is 0.779. The molecule has 102 valence electrons. The molecular formula is C15H15N3O2. The van der Waals surface area contributed by atoms with Crippen molar-refractivity contribution in [2.45, 2.75) is 25.8 Å². The zero-order valence-corrected chi connectivity index (χ0v) is 11.3. The average Bonchev–Trinajstić information content (AvgIpc) is 3.11. The first-order valence-electron chi connectivity index (χ1n) is 6.58. The van der Waals surface area contributed by atoms with Gasteiger partial charge in [0.2, 0.25) is 0 Å². The Hall–Kier alpha value is -2.35. The van der Waals surface area contributed by atoms with Crippen LogP contribution in [0.1, 0.15) is 29.6 Å². The third-order valence-electron chi connectivity index (χ3n) is 3.96. The molecule has 1 aliphatic rings. The second kappa shape index (κ2) is 4.64. The fraction of sp³-hybridized carbons (Fsp3) is 0.400. The van der Waals surface area contributed by atoms with Crippen LogP contribution in [-0.2, 0) is 11.3 Å². The van der Waals surface area contributed by atoms with Crippen LogP contribution in [0, 0.1) is 16.7 Å². The Bertz CT molecular complexity index is 707. The molecule has 1 aromatic heterocycles. The summed E-state index contributed by atoms with van der Waals surface area (Å²) in [5.74, 6) is -0.349. The van der Waals surface area contributed by atoms with Gasteiger partial charge in [-0.25, -0.2) is 9.78 Å². The highest BCUT2D eigenvalue weighted by Gasteiger charge is 2.42. The lowest BCUT2D eigenvalue weighted by molar-refractivity contribution is 0.0601. The van der Waals surface area contributed by atoms with Crippen LogP contribution in [0.5, 0.6) is 0 Å². The van der Waals surface area contributed by atoms with Crippen molar-refractivity contribution in [2.24, 2.45) is 5.41 Å². The van der Waals surface area contributed by atoms with Crippen molar-refractivity contribution in [1.29, 1.82) is 5.26 Å². The zero-order valence-electron chi connectivity index (χ0n) is 11.3. The first kappa shape index (κ1) is 12.7. The molecule has 1 aromatic carbocycles. The monoisotopic (exact) mass is 269 g/mol. The number of hydrogen-bond acceptors (Lipinski definition) is 4. The lowest BCUT2D eigenvalue weighted by Crippen LogP contribution is -2.10. The van der Waals surface area contributed by atoms with Crippen LogP contribution in [0.2, 0.25) is 0 Å². The predicted octanol–water partition coefficient (Wildman–Crippen LogP) is 2.52. The van der Waals surface area contributed by atoms with Crippen molar-refractivity contribution >= 4 is 17.0 Å². The van der Waals surface area contributed by atoms with Gasteiger partial charge in [0, 0.05) is 18.4 Å². The van der Waals surface area contributed by atoms with Crippen molar-refractivity contribution < 1.29 is 9.53 Å². The summed E-state index contributed by atoms with van der Waals surface area (Å²) in [7, 11) is 1.37. The van der Waals surface area contributed by atoms with Crippen LogP contribution in [-0.4, -0.2) is 22.6 Å². The maximum absolute atomic E-state index is 11.6. The molecule has 2 aromatic rings. The van der Waals surface area contributed by atoms with Crippen molar-refractivity contribution in [1.82, 2.24) is 9.55 Å². The van der Waals surface area contributed by atoms with E-state index in [0.717, 1.165) is 30.4 Å². The van der Waals surface area contributed by atoms with Gasteiger partial charge >= 0.3 is 5.97 Å². The van der Waals surface area contributed by atoms with Gasteiger partial charge in [0.15, 0.2) is 0 Å². The number of imidazole rings is 1. The van der Waals surface area contributed by atoms with E-state index in [1.165, 1.54) is 7.11 Å². The van der Waals surface area contributed by atoms with Crippen LogP contribution in [0.25, 0.3) is 11.0 Å². The molecule has 5 heteroatoms. The number of rotatable bonds is 4. The minimum absolute atomic E-state index is 0.101. The fourth-order valence-corrected chi connectivity index (χ4v) is 2.52. The number of ether oxygens (including phenoxy) is 1. The Morgan fingerprint density at radius 2 is 2.35 bits per heavy atom. The van der Waals surface area contributed by atoms with Crippen LogP contribution < -0.4 is 0 Å². The number of esters is 1. The summed E-state index contributed by atoms with van der Waals surface area (Å²) < 4.78 is 6.78. The summed E-state index contributed by atoms with van der Waals surface area (Å²) >= 11 is 0. The van der Waals surface area contributed by atoms with Gasteiger partial charge in [-0.15, -0.1) is 0 Å². The Morgan fingerprint density at radius 3 is 3.00 bits per heavy atom. The van der Waals surface area contributed by atoms with Crippen LogP contribution >= 0.6 is 0 Å². The molecule has 1 aliphatic carbocycles. The quantitative estimate of drug-likeness (QED) is 0.800. The molecule has 1 fully saturated rings. The number of fused-ring (bicyclic) bond motifs is 1. The first-order chi connectivity index (χ1) is 9.67. The molecule has 0 unspecified atom stereocenters. The Morgan fingerprint density at radius 1 is 1.55 bits per heavy atom. The lowest BCUT2D eigenvalue weighted by Gasteiger charge is -2.12. The van der Waals surface area contributed by atoms with E-state index in [0.29, 0.717) is 12.0 Å². The first-order valence-corrected chi connectivity index (χ1v) is 6.58. The van der Waals surface area contributed by atoms with Crippen molar-refractivity contribution in [3.05, 3.63) is 30.1 Å². The smallest absolute Gasteiger partial charge is 0.337 e. The van der Waals surface area contributed by atoms with Gasteiger partial charge in [0.1, 0.15) is 0 Å². The molecular weight excluding hydrogens is 254 g/mol. The van der Waals surface area contributed by atoms with Gasteiger partial charge in [0.05, 0.1) is 36.1 Å². The number of benzene rings is 1. The second-order valence-corrected chi connectivity index (χ2v) is 5.40. The Labute approximate surface area is 116 Å². The Kier molecular flexibility index (Phi) is 2.94. The molecule has 0 N–H and O–H groups in total. The van der Waals surface area contributed by atoms with Gasteiger partial charge in [-0.3, -0.25) is 0 Å². The third kappa shape index (κ3) is 2.14. The molecule has 1 heterocycles. The van der Waals surface area contributed by atoms with Crippen molar-refractivity contribution in [3.8, 4) is 6.07 Å². The molecule has 0 spiro atoms. The number of aromatic nitrogens is 2. The largest absolute Gasteiger partial charge is 0.465 e. The summed E-state index contributed by atoms with van der Waals surface area (Å²) in [6, 6.07) is 7.60. The number of hydrogen-bond donors (Lipinski definition) is 0. The SMILES string of the molecule is COC(=O)c1ccc2ncn(CC3(CC#N)CC3)c2c1. The van der Waals surface area contributed by atoms with Gasteiger partial charge < -0.3 is 9.30 Å². The molecule has 5 nitrogen and oxygen atoms in total. The van der Waals surface area contributed by atoms with E-state index in [-0.39, 0.29) is 11.4 Å². The number of carbonyl (C=O) groups is 1. The van der Waals surface area contributed by atoms with Gasteiger partial charge in [-0.2, -0.15) is 5.26 Å². The maximum Gasteiger partial charge on any atom is 0.337 e. The Balaban J connectivity index is 1.95. The highest BCUT2D eigenvalue weighted by Crippen LogP contribution is 2.50. The molecule has 20 heavy (non-hydrogen) atoms. The zero-order chi connectivity index (χ0) is 14.2. The van der Waals surface area contributed by atoms with Crippen LogP contribution in [0.15, 0.2) is 24.5 Å². The number of methoxy groups -OCH3 is 1. The number of nitrogens with zero attached hydrogens (tertiary/aromatic N) is 3. The highest BCUT2D eigenvalue weighted by atomic mass is 16.5. The topological polar surface area (TPSA) is 67.9 Å². The predicted molar refractivity (Wildman–Crippen MR) is 73.0 cm³/mol. The molecule has 0 amide bonds. The van der Waals surface area contributed by atoms with Gasteiger partial charge in [-0.1, -0.05) is 0 Å². The normalized spacial score (nSPS) is 15.8. The molecule has 1 saturated carbocycles. The van der Waals surface area contributed by atoms with Crippen LogP contribution in [0.4, 0.5) is 0 Å². The van der Waals surface area contributed by atoms with Crippen molar-refractivity contribution in [3.63, 3.8) is 0 Å². The van der Waals surface area contributed by atoms with E-state index >= 15 is 0 Å². The number of nitriles is 1. The van der Waals surface area contributed by atoms with Gasteiger partial charge in [0.25, 0.3) is 0 Å². The van der Waals surface area contributed by atoms with Gasteiger partial charge in [-0.05, 0) is 31.0 Å². The van der Waals surface area contributed by atoms with E-state index < -0.39 is 0 Å². The summed E-state index contributed by atoms with van der Waals surface area (Å²) in [6.07, 6.45) is 4.51. The molecule has 3 rings (SSSR count). The fourth-order valence-electron chi connectivity index (χ4n) is 2.52. The molecule has 0 atom stereocenters. The standard InChI is InChI=1S/C15H15N3O2/c1-20-14(19)11-2-3-12-13(8-11)18(10-17-12)9-15(4-5-15)6-7-16/h2-3,8,10H,4-6,9H2,1H3. The lowest BCUT2D eigenvalue weighted by atomic mass is 10.0. The average molecular weight is 269 g/mol. The van der Waals surface area contributed by atoms with E-state index in [1.807, 2.05) is 10.6 Å². The number of carbonyl (C=O) groups excluding carboxylic acids is 1. The molecule has 0 bridgehead atoms. The second-order valence-electron chi connectivity index (χ2n) is 5.40. The third-order valence-corrected chi connectivity index (χ3v) is 3.96. The molecule has 0 saturated heterocycles. The molecule has 0 aliphatic heterocycles. The maximum atomic E-state index is 11.6.